The summed E-state index contributed by atoms with van der Waals surface area (Å²) in [6.45, 7) is 0. The van der Waals surface area contributed by atoms with Gasteiger partial charge in [-0.3, -0.25) is 4.79 Å². The Morgan fingerprint density at radius 3 is 2.12 bits per heavy atom. The number of ketones is 1. The molecule has 0 atom stereocenters. The number of hydrogen-bond donors (Lipinski definition) is 0. The molecule has 6 nitrogen and oxygen atoms in total. The summed E-state index contributed by atoms with van der Waals surface area (Å²) in [5.74, 6) is 1.44. The van der Waals surface area contributed by atoms with Gasteiger partial charge in [-0.05, 0) is 35.9 Å². The standard InChI is InChI=1S/C20H19NO5/c1-23-16-7-5-6-14(11-16)19(22)15(12-21)8-13-9-17(24-2)20(26-4)18(10-13)25-3/h5-11H,1-4H3/b15-8+. The van der Waals surface area contributed by atoms with E-state index in [1.165, 1.54) is 34.5 Å². The molecule has 6 heteroatoms. The van der Waals surface area contributed by atoms with Gasteiger partial charge in [-0.1, -0.05) is 12.1 Å². The van der Waals surface area contributed by atoms with Crippen LogP contribution >= 0.6 is 0 Å². The first kappa shape index (κ1) is 18.9. The van der Waals surface area contributed by atoms with Gasteiger partial charge in [0.15, 0.2) is 11.5 Å². The first-order chi connectivity index (χ1) is 12.6. The maximum Gasteiger partial charge on any atom is 0.203 e. The number of rotatable bonds is 7. The van der Waals surface area contributed by atoms with Crippen LogP contribution in [-0.4, -0.2) is 34.2 Å². The average molecular weight is 353 g/mol. The summed E-state index contributed by atoms with van der Waals surface area (Å²) in [7, 11) is 6.01. The van der Waals surface area contributed by atoms with Crippen molar-refractivity contribution in [1.82, 2.24) is 0 Å². The third-order valence-corrected chi connectivity index (χ3v) is 3.70. The van der Waals surface area contributed by atoms with Crippen molar-refractivity contribution < 1.29 is 23.7 Å². The number of allylic oxidation sites excluding steroid dienone is 1. The number of benzene rings is 2. The Morgan fingerprint density at radius 2 is 1.62 bits per heavy atom. The van der Waals surface area contributed by atoms with E-state index in [9.17, 15) is 10.1 Å². The van der Waals surface area contributed by atoms with Gasteiger partial charge in [0.1, 0.15) is 17.4 Å². The van der Waals surface area contributed by atoms with Gasteiger partial charge in [0.05, 0.1) is 28.4 Å². The van der Waals surface area contributed by atoms with E-state index < -0.39 is 5.78 Å². The fraction of sp³-hybridized carbons (Fsp3) is 0.200. The monoisotopic (exact) mass is 353 g/mol. The van der Waals surface area contributed by atoms with E-state index in [1.54, 1.807) is 36.4 Å². The number of methoxy groups -OCH3 is 4. The van der Waals surface area contributed by atoms with Crippen molar-refractivity contribution in [2.45, 2.75) is 0 Å². The smallest absolute Gasteiger partial charge is 0.203 e. The molecule has 0 fully saturated rings. The fourth-order valence-corrected chi connectivity index (χ4v) is 2.42. The van der Waals surface area contributed by atoms with Crippen molar-refractivity contribution in [3.8, 4) is 29.1 Å². The second-order valence-corrected chi connectivity index (χ2v) is 5.19. The minimum atomic E-state index is -0.403. The quantitative estimate of drug-likeness (QED) is 0.431. The Labute approximate surface area is 152 Å². The molecule has 2 aromatic rings. The normalized spacial score (nSPS) is 10.7. The van der Waals surface area contributed by atoms with E-state index in [4.69, 9.17) is 18.9 Å². The van der Waals surface area contributed by atoms with Crippen LogP contribution in [0.5, 0.6) is 23.0 Å². The van der Waals surface area contributed by atoms with Crippen molar-refractivity contribution in [2.24, 2.45) is 0 Å². The Balaban J connectivity index is 2.48. The number of carbonyl (C=O) groups is 1. The van der Waals surface area contributed by atoms with Crippen LogP contribution < -0.4 is 18.9 Å². The predicted octanol–water partition coefficient (Wildman–Crippen LogP) is 3.51. The summed E-state index contributed by atoms with van der Waals surface area (Å²) in [5.41, 5.74) is 0.921. The first-order valence-corrected chi connectivity index (χ1v) is 7.68. The first-order valence-electron chi connectivity index (χ1n) is 7.68. The van der Waals surface area contributed by atoms with Crippen LogP contribution in [0.25, 0.3) is 6.08 Å². The Hall–Kier alpha value is -3.46. The third kappa shape index (κ3) is 3.95. The zero-order chi connectivity index (χ0) is 19.1. The van der Waals surface area contributed by atoms with Crippen LogP contribution in [0.4, 0.5) is 0 Å². The molecule has 0 unspecified atom stereocenters. The molecule has 0 heterocycles. The van der Waals surface area contributed by atoms with Gasteiger partial charge in [0.25, 0.3) is 0 Å². The van der Waals surface area contributed by atoms with Gasteiger partial charge in [-0.25, -0.2) is 0 Å². The minimum Gasteiger partial charge on any atom is -0.497 e. The lowest BCUT2D eigenvalue weighted by molar-refractivity contribution is 0.103. The molecule has 2 rings (SSSR count). The fourth-order valence-electron chi connectivity index (χ4n) is 2.42. The second-order valence-electron chi connectivity index (χ2n) is 5.19. The molecule has 0 saturated carbocycles. The molecule has 0 aromatic heterocycles. The zero-order valence-electron chi connectivity index (χ0n) is 15.0. The molecular weight excluding hydrogens is 334 g/mol. The molecular formula is C20H19NO5. The highest BCUT2D eigenvalue weighted by Gasteiger charge is 2.16. The van der Waals surface area contributed by atoms with Gasteiger partial charge < -0.3 is 18.9 Å². The van der Waals surface area contributed by atoms with E-state index >= 15 is 0 Å². The molecule has 0 bridgehead atoms. The van der Waals surface area contributed by atoms with Crippen LogP contribution in [0.2, 0.25) is 0 Å². The number of Topliss-reactive ketones (excluding diaryl/α,β-unsaturated/α-hetero) is 1. The summed E-state index contributed by atoms with van der Waals surface area (Å²) in [6, 6.07) is 11.9. The molecule has 0 aliphatic carbocycles. The lowest BCUT2D eigenvalue weighted by Gasteiger charge is -2.13. The lowest BCUT2D eigenvalue weighted by atomic mass is 10.0. The number of ether oxygens (including phenoxy) is 4. The third-order valence-electron chi connectivity index (χ3n) is 3.70. The Bertz CT molecular complexity index is 855. The molecule has 0 saturated heterocycles. The summed E-state index contributed by atoms with van der Waals surface area (Å²) in [6.07, 6.45) is 1.48. The highest BCUT2D eigenvalue weighted by atomic mass is 16.5. The molecule has 0 amide bonds. The minimum absolute atomic E-state index is 0.0208. The number of nitriles is 1. The van der Waals surface area contributed by atoms with E-state index in [1.807, 2.05) is 6.07 Å². The zero-order valence-corrected chi connectivity index (χ0v) is 15.0. The largest absolute Gasteiger partial charge is 0.497 e. The SMILES string of the molecule is COc1cccc(C(=O)/C(C#N)=C/c2cc(OC)c(OC)c(OC)c2)c1. The van der Waals surface area contributed by atoms with Gasteiger partial charge in [-0.15, -0.1) is 0 Å². The van der Waals surface area contributed by atoms with Crippen molar-refractivity contribution in [2.75, 3.05) is 28.4 Å². The molecule has 0 radical (unpaired) electrons. The van der Waals surface area contributed by atoms with Gasteiger partial charge in [0, 0.05) is 5.56 Å². The summed E-state index contributed by atoms with van der Waals surface area (Å²) < 4.78 is 21.0. The predicted molar refractivity (Wildman–Crippen MR) is 97.0 cm³/mol. The highest BCUT2D eigenvalue weighted by Crippen LogP contribution is 2.38. The number of carbonyl (C=O) groups excluding carboxylic acids is 1. The molecule has 0 aliphatic rings. The highest BCUT2D eigenvalue weighted by molar-refractivity contribution is 6.14. The van der Waals surface area contributed by atoms with Crippen LogP contribution in [0, 0.1) is 11.3 Å². The molecule has 0 aliphatic heterocycles. The molecule has 26 heavy (non-hydrogen) atoms. The molecule has 134 valence electrons. The number of nitrogens with zero attached hydrogens (tertiary/aromatic N) is 1. The van der Waals surface area contributed by atoms with Crippen molar-refractivity contribution >= 4 is 11.9 Å². The average Bonchev–Trinajstić information content (AvgIpc) is 2.70. The van der Waals surface area contributed by atoms with E-state index in [-0.39, 0.29) is 5.57 Å². The van der Waals surface area contributed by atoms with Crippen LogP contribution in [0.1, 0.15) is 15.9 Å². The Morgan fingerprint density at radius 1 is 0.962 bits per heavy atom. The van der Waals surface area contributed by atoms with E-state index in [0.29, 0.717) is 34.1 Å². The van der Waals surface area contributed by atoms with Crippen molar-refractivity contribution in [1.29, 1.82) is 5.26 Å². The lowest BCUT2D eigenvalue weighted by Crippen LogP contribution is -2.02. The summed E-state index contributed by atoms with van der Waals surface area (Å²) in [5, 5.41) is 9.44. The Kier molecular flexibility index (Phi) is 6.23. The maximum atomic E-state index is 12.6. The van der Waals surface area contributed by atoms with Crippen molar-refractivity contribution in [3.63, 3.8) is 0 Å². The molecule has 0 N–H and O–H groups in total. The summed E-state index contributed by atoms with van der Waals surface area (Å²) in [4.78, 5) is 12.6. The summed E-state index contributed by atoms with van der Waals surface area (Å²) >= 11 is 0. The topological polar surface area (TPSA) is 77.8 Å². The van der Waals surface area contributed by atoms with Crippen molar-refractivity contribution in [3.05, 3.63) is 53.1 Å². The van der Waals surface area contributed by atoms with Crippen LogP contribution in [0.3, 0.4) is 0 Å². The second kappa shape index (κ2) is 8.58. The van der Waals surface area contributed by atoms with E-state index in [2.05, 4.69) is 0 Å². The van der Waals surface area contributed by atoms with E-state index in [0.717, 1.165) is 0 Å². The maximum absolute atomic E-state index is 12.6. The molecule has 0 spiro atoms. The van der Waals surface area contributed by atoms with Gasteiger partial charge in [-0.2, -0.15) is 5.26 Å². The van der Waals surface area contributed by atoms with Crippen LogP contribution in [-0.2, 0) is 0 Å². The number of hydrogen-bond acceptors (Lipinski definition) is 6. The van der Waals surface area contributed by atoms with Gasteiger partial charge >= 0.3 is 0 Å². The van der Waals surface area contributed by atoms with Gasteiger partial charge in [0.2, 0.25) is 11.5 Å². The van der Waals surface area contributed by atoms with Crippen LogP contribution in [0.15, 0.2) is 42.0 Å². The molecule has 2 aromatic carbocycles.